The van der Waals surface area contributed by atoms with Crippen molar-refractivity contribution in [1.29, 1.82) is 0 Å². The Bertz CT molecular complexity index is 698. The Hall–Kier alpha value is -1.01. The Morgan fingerprint density at radius 3 is 2.74 bits per heavy atom. The van der Waals surface area contributed by atoms with Crippen LogP contribution in [0.5, 0.6) is 0 Å². The number of aromatic nitrogens is 1. The minimum absolute atomic E-state index is 0. The molecule has 0 spiro atoms. The van der Waals surface area contributed by atoms with E-state index in [-0.39, 0.29) is 36.8 Å². The van der Waals surface area contributed by atoms with Crippen molar-refractivity contribution in [3.8, 4) is 0 Å². The first-order chi connectivity index (χ1) is 10.2. The minimum atomic E-state index is -0.132. The molecule has 3 fully saturated rings. The number of carbonyl (C=O) groups is 1. The molecule has 0 saturated carbocycles. The van der Waals surface area contributed by atoms with E-state index >= 15 is 0 Å². The predicted molar refractivity (Wildman–Crippen MR) is 93.9 cm³/mol. The summed E-state index contributed by atoms with van der Waals surface area (Å²) in [6.45, 7) is 3.27. The summed E-state index contributed by atoms with van der Waals surface area (Å²) in [5.74, 6) is 0.466. The lowest BCUT2D eigenvalue weighted by Crippen LogP contribution is -2.57. The van der Waals surface area contributed by atoms with Crippen LogP contribution in [-0.4, -0.2) is 41.5 Å². The van der Waals surface area contributed by atoms with Crippen LogP contribution in [0.2, 0.25) is 5.02 Å². The Morgan fingerprint density at radius 2 is 2.09 bits per heavy atom. The van der Waals surface area contributed by atoms with Crippen molar-refractivity contribution in [2.75, 3.05) is 19.6 Å². The number of hydrogen-bond acceptors (Lipinski definition) is 4. The fourth-order valence-electron chi connectivity index (χ4n) is 3.40. The molecule has 5 nitrogen and oxygen atoms in total. The fraction of sp³-hybridized carbons (Fsp3) is 0.467. The molecule has 1 N–H and O–H groups in total. The normalized spacial score (nSPS) is 25.5. The highest BCUT2D eigenvalue weighted by Crippen LogP contribution is 2.28. The van der Waals surface area contributed by atoms with E-state index in [1.807, 2.05) is 0 Å². The van der Waals surface area contributed by atoms with Gasteiger partial charge in [0.25, 0.3) is 5.91 Å². The zero-order chi connectivity index (χ0) is 14.4. The standard InChI is InChI=1S/C15H16ClN3O2.2ClH/c16-11-8-21-14-6-17-12(5-10(11)14)15(20)18-13-7-19-3-1-9(13)2-4-19;;/h5-6,8-9,13H,1-4,7H2,(H,18,20);2*1H/t13-;;/m0../s1. The maximum atomic E-state index is 12.4. The first kappa shape index (κ1) is 18.3. The molecule has 3 aliphatic heterocycles. The van der Waals surface area contributed by atoms with Crippen molar-refractivity contribution in [2.24, 2.45) is 5.92 Å². The molecule has 1 atom stereocenters. The van der Waals surface area contributed by atoms with Gasteiger partial charge in [-0.15, -0.1) is 24.8 Å². The molecule has 0 unspecified atom stereocenters. The zero-order valence-electron chi connectivity index (χ0n) is 12.3. The van der Waals surface area contributed by atoms with E-state index in [0.29, 0.717) is 22.2 Å². The zero-order valence-corrected chi connectivity index (χ0v) is 14.7. The summed E-state index contributed by atoms with van der Waals surface area (Å²) in [5.41, 5.74) is 0.988. The van der Waals surface area contributed by atoms with E-state index < -0.39 is 0 Å². The molecule has 5 rings (SSSR count). The Kier molecular flexibility index (Phi) is 5.79. The van der Waals surface area contributed by atoms with Crippen LogP contribution in [-0.2, 0) is 0 Å². The molecule has 23 heavy (non-hydrogen) atoms. The number of carbonyl (C=O) groups excluding carboxylic acids is 1. The number of nitrogens with one attached hydrogen (secondary N) is 1. The number of hydrogen-bond donors (Lipinski definition) is 1. The van der Waals surface area contributed by atoms with Gasteiger partial charge in [-0.2, -0.15) is 0 Å². The number of furan rings is 1. The topological polar surface area (TPSA) is 58.4 Å². The molecule has 2 aromatic heterocycles. The minimum Gasteiger partial charge on any atom is -0.461 e. The van der Waals surface area contributed by atoms with E-state index in [4.69, 9.17) is 16.0 Å². The average Bonchev–Trinajstić information content (AvgIpc) is 2.89. The molecule has 8 heteroatoms. The molecule has 0 aliphatic carbocycles. The fourth-order valence-corrected chi connectivity index (χ4v) is 3.59. The van der Waals surface area contributed by atoms with Gasteiger partial charge < -0.3 is 14.6 Å². The van der Waals surface area contributed by atoms with Gasteiger partial charge in [0.1, 0.15) is 12.0 Å². The van der Waals surface area contributed by atoms with Crippen molar-refractivity contribution in [3.05, 3.63) is 29.2 Å². The van der Waals surface area contributed by atoms with Gasteiger partial charge in [-0.1, -0.05) is 11.6 Å². The molecule has 3 saturated heterocycles. The average molecular weight is 379 g/mol. The van der Waals surface area contributed by atoms with Crippen LogP contribution < -0.4 is 5.32 Å². The molecule has 2 bridgehead atoms. The molecule has 0 radical (unpaired) electrons. The molecule has 3 aliphatic rings. The highest BCUT2D eigenvalue weighted by molar-refractivity contribution is 6.35. The lowest BCUT2D eigenvalue weighted by Gasteiger charge is -2.44. The van der Waals surface area contributed by atoms with E-state index in [1.165, 1.54) is 19.1 Å². The lowest BCUT2D eigenvalue weighted by molar-refractivity contribution is 0.0618. The van der Waals surface area contributed by atoms with Crippen LogP contribution in [0.3, 0.4) is 0 Å². The lowest BCUT2D eigenvalue weighted by atomic mass is 9.84. The Labute approximate surface area is 151 Å². The largest absolute Gasteiger partial charge is 0.461 e. The summed E-state index contributed by atoms with van der Waals surface area (Å²) in [6, 6.07) is 1.93. The number of rotatable bonds is 2. The summed E-state index contributed by atoms with van der Waals surface area (Å²) < 4.78 is 5.24. The van der Waals surface area contributed by atoms with Gasteiger partial charge in [0.15, 0.2) is 5.58 Å². The number of nitrogens with zero attached hydrogens (tertiary/aromatic N) is 2. The number of halogens is 3. The Balaban J connectivity index is 0.000000960. The molecule has 2 aromatic rings. The molecule has 5 heterocycles. The SMILES string of the molecule is Cl.Cl.O=C(N[C@H]1CN2CCC1CC2)c1cc2c(Cl)coc2cn1. The van der Waals surface area contributed by atoms with Gasteiger partial charge in [0.05, 0.1) is 11.2 Å². The van der Waals surface area contributed by atoms with Crippen LogP contribution in [0.15, 0.2) is 22.9 Å². The van der Waals surface area contributed by atoms with Crippen molar-refractivity contribution in [1.82, 2.24) is 15.2 Å². The van der Waals surface area contributed by atoms with Crippen LogP contribution in [0.25, 0.3) is 11.0 Å². The monoisotopic (exact) mass is 377 g/mol. The summed E-state index contributed by atoms with van der Waals surface area (Å²) in [7, 11) is 0. The molecule has 126 valence electrons. The summed E-state index contributed by atoms with van der Waals surface area (Å²) in [6.07, 6.45) is 5.35. The van der Waals surface area contributed by atoms with E-state index in [2.05, 4.69) is 15.2 Å². The molecular formula is C15H18Cl3N3O2. The quantitative estimate of drug-likeness (QED) is 0.872. The maximum Gasteiger partial charge on any atom is 0.270 e. The van der Waals surface area contributed by atoms with Gasteiger partial charge in [0.2, 0.25) is 0 Å². The summed E-state index contributed by atoms with van der Waals surface area (Å²) in [5, 5.41) is 4.36. The first-order valence-electron chi connectivity index (χ1n) is 7.26. The second-order valence-electron chi connectivity index (χ2n) is 5.87. The highest BCUT2D eigenvalue weighted by atomic mass is 35.5. The van der Waals surface area contributed by atoms with Gasteiger partial charge in [-0.3, -0.25) is 4.79 Å². The number of piperidine rings is 3. The number of amides is 1. The van der Waals surface area contributed by atoms with Gasteiger partial charge >= 0.3 is 0 Å². The second kappa shape index (κ2) is 7.26. The van der Waals surface area contributed by atoms with Crippen molar-refractivity contribution in [2.45, 2.75) is 18.9 Å². The summed E-state index contributed by atoms with van der Waals surface area (Å²) >= 11 is 6.03. The smallest absolute Gasteiger partial charge is 0.270 e. The first-order valence-corrected chi connectivity index (χ1v) is 7.64. The van der Waals surface area contributed by atoms with E-state index in [0.717, 1.165) is 25.0 Å². The van der Waals surface area contributed by atoms with Crippen LogP contribution in [0.1, 0.15) is 23.3 Å². The van der Waals surface area contributed by atoms with Crippen molar-refractivity contribution >= 4 is 53.3 Å². The Morgan fingerprint density at radius 1 is 1.35 bits per heavy atom. The second-order valence-corrected chi connectivity index (χ2v) is 6.27. The third-order valence-corrected chi connectivity index (χ3v) is 4.91. The summed E-state index contributed by atoms with van der Waals surface area (Å²) in [4.78, 5) is 19.0. The van der Waals surface area contributed by atoms with Crippen molar-refractivity contribution in [3.63, 3.8) is 0 Å². The third kappa shape index (κ3) is 3.43. The third-order valence-electron chi connectivity index (χ3n) is 4.62. The number of fused-ring (bicyclic) bond motifs is 4. The number of pyridine rings is 1. The van der Waals surface area contributed by atoms with Gasteiger partial charge in [-0.05, 0) is 37.9 Å². The maximum absolute atomic E-state index is 12.4. The molecule has 0 aromatic carbocycles. The van der Waals surface area contributed by atoms with Crippen LogP contribution in [0, 0.1) is 5.92 Å². The van der Waals surface area contributed by atoms with Crippen LogP contribution in [0.4, 0.5) is 0 Å². The van der Waals surface area contributed by atoms with Crippen LogP contribution >= 0.6 is 36.4 Å². The van der Waals surface area contributed by atoms with E-state index in [9.17, 15) is 4.79 Å². The van der Waals surface area contributed by atoms with Crippen molar-refractivity contribution < 1.29 is 9.21 Å². The van der Waals surface area contributed by atoms with Gasteiger partial charge in [-0.25, -0.2) is 4.98 Å². The highest BCUT2D eigenvalue weighted by Gasteiger charge is 2.35. The molecule has 1 amide bonds. The van der Waals surface area contributed by atoms with Gasteiger partial charge in [0, 0.05) is 18.0 Å². The van der Waals surface area contributed by atoms with E-state index in [1.54, 1.807) is 12.3 Å². The molecular weight excluding hydrogens is 361 g/mol. The predicted octanol–water partition coefficient (Wildman–Crippen LogP) is 3.15.